The van der Waals surface area contributed by atoms with Crippen molar-refractivity contribution in [1.82, 2.24) is 14.5 Å². The van der Waals surface area contributed by atoms with Crippen LogP contribution in [0.3, 0.4) is 0 Å². The van der Waals surface area contributed by atoms with Gasteiger partial charge in [-0.15, -0.1) is 0 Å². The van der Waals surface area contributed by atoms with Gasteiger partial charge in [0.25, 0.3) is 0 Å². The Bertz CT molecular complexity index is 982. The second-order valence-electron chi connectivity index (χ2n) is 6.24. The lowest BCUT2D eigenvalue weighted by molar-refractivity contribution is -0.0868. The Kier molecular flexibility index (Phi) is 3.33. The molecule has 0 radical (unpaired) electrons. The van der Waals surface area contributed by atoms with Crippen LogP contribution >= 0.6 is 0 Å². The van der Waals surface area contributed by atoms with Gasteiger partial charge >= 0.3 is 0 Å². The number of hydrogen-bond acceptors (Lipinski definition) is 6. The quantitative estimate of drug-likeness (QED) is 0.709. The summed E-state index contributed by atoms with van der Waals surface area (Å²) in [6, 6.07) is 4.93. The molecule has 2 N–H and O–H groups in total. The van der Waals surface area contributed by atoms with E-state index in [0.717, 1.165) is 5.52 Å². The number of ether oxygens (including phenoxy) is 2. The average molecular weight is 345 g/mol. The van der Waals surface area contributed by atoms with Crippen LogP contribution in [0.5, 0.6) is 17.2 Å². The summed E-state index contributed by atoms with van der Waals surface area (Å²) in [4.78, 5) is 8.68. The van der Waals surface area contributed by atoms with Crippen molar-refractivity contribution in [1.29, 1.82) is 0 Å². The van der Waals surface area contributed by atoms with Gasteiger partial charge in [-0.05, 0) is 25.1 Å². The number of hydrogen-bond donors (Lipinski definition) is 2. The molecule has 0 bridgehead atoms. The average Bonchev–Trinajstić information content (AvgIpc) is 2.97. The molecule has 4 rings (SSSR count). The number of nitrogens with zero attached hydrogens (tertiary/aromatic N) is 3. The lowest BCUT2D eigenvalue weighted by Crippen LogP contribution is -2.49. The van der Waals surface area contributed by atoms with Gasteiger partial charge in [-0.25, -0.2) is 14.4 Å². The van der Waals surface area contributed by atoms with E-state index in [1.54, 1.807) is 12.3 Å². The molecule has 1 saturated heterocycles. The predicted molar refractivity (Wildman–Crippen MR) is 87.3 cm³/mol. The van der Waals surface area contributed by atoms with Crippen LogP contribution in [0, 0.1) is 5.82 Å². The minimum Gasteiger partial charge on any atom is -0.502 e. The minimum absolute atomic E-state index is 0.0123. The third kappa shape index (κ3) is 2.14. The molecular weight excluding hydrogens is 329 g/mol. The number of methoxy groups -OCH3 is 1. The zero-order chi connectivity index (χ0) is 17.8. The molecule has 0 spiro atoms. The van der Waals surface area contributed by atoms with Crippen molar-refractivity contribution in [2.75, 3.05) is 20.3 Å². The Hall–Kier alpha value is -2.87. The fourth-order valence-corrected chi connectivity index (χ4v) is 3.10. The third-order valence-corrected chi connectivity index (χ3v) is 4.43. The first-order valence-corrected chi connectivity index (χ1v) is 7.67. The Labute approximate surface area is 142 Å². The second-order valence-corrected chi connectivity index (χ2v) is 6.24. The molecule has 2 aromatic heterocycles. The smallest absolute Gasteiger partial charge is 0.203 e. The zero-order valence-corrected chi connectivity index (χ0v) is 13.7. The van der Waals surface area contributed by atoms with E-state index in [4.69, 9.17) is 9.47 Å². The van der Waals surface area contributed by atoms with Crippen molar-refractivity contribution >= 4 is 11.2 Å². The molecule has 8 heteroatoms. The summed E-state index contributed by atoms with van der Waals surface area (Å²) in [7, 11) is 1.32. The fourth-order valence-electron chi connectivity index (χ4n) is 3.10. The van der Waals surface area contributed by atoms with E-state index >= 15 is 0 Å². The van der Waals surface area contributed by atoms with Crippen LogP contribution in [-0.4, -0.2) is 45.1 Å². The van der Waals surface area contributed by atoms with Crippen LogP contribution in [0.25, 0.3) is 22.6 Å². The Morgan fingerprint density at radius 1 is 1.32 bits per heavy atom. The first kappa shape index (κ1) is 15.6. The maximum atomic E-state index is 14.7. The highest BCUT2D eigenvalue weighted by Gasteiger charge is 2.39. The number of phenols is 2. The number of pyridine rings is 1. The summed E-state index contributed by atoms with van der Waals surface area (Å²) in [6.07, 6.45) is 1.61. The number of aromatic nitrogens is 3. The predicted octanol–water partition coefficient (Wildman–Crippen LogP) is 2.40. The van der Waals surface area contributed by atoms with E-state index in [2.05, 4.69) is 9.97 Å². The minimum atomic E-state index is -0.973. The summed E-state index contributed by atoms with van der Waals surface area (Å²) >= 11 is 0. The van der Waals surface area contributed by atoms with Gasteiger partial charge in [0, 0.05) is 6.20 Å². The van der Waals surface area contributed by atoms with Crippen molar-refractivity contribution in [2.24, 2.45) is 0 Å². The number of rotatable bonds is 3. The van der Waals surface area contributed by atoms with Crippen LogP contribution < -0.4 is 4.74 Å². The van der Waals surface area contributed by atoms with Gasteiger partial charge in [-0.2, -0.15) is 0 Å². The van der Waals surface area contributed by atoms with E-state index in [-0.39, 0.29) is 17.1 Å². The first-order chi connectivity index (χ1) is 12.0. The summed E-state index contributed by atoms with van der Waals surface area (Å²) in [5.74, 6) is -2.27. The van der Waals surface area contributed by atoms with Gasteiger partial charge < -0.3 is 24.3 Å². The molecule has 0 saturated carbocycles. The van der Waals surface area contributed by atoms with Gasteiger partial charge in [0.2, 0.25) is 5.75 Å². The topological polar surface area (TPSA) is 89.6 Å². The standard InChI is InChI=1S/C17H16FN3O4/c1-17(7-25-8-17)21-10-4-3-5-19-15(10)20-16(21)9-6-11(24-2)13(22)14(23)12(9)18/h3-6,22-23H,7-8H2,1-2H3. The van der Waals surface area contributed by atoms with Crippen LogP contribution in [0.1, 0.15) is 6.92 Å². The second kappa shape index (κ2) is 5.32. The van der Waals surface area contributed by atoms with Crippen molar-refractivity contribution in [2.45, 2.75) is 12.5 Å². The summed E-state index contributed by atoms with van der Waals surface area (Å²) in [5, 5.41) is 19.7. The molecule has 0 amide bonds. The Morgan fingerprint density at radius 2 is 2.08 bits per heavy atom. The molecule has 1 fully saturated rings. The molecular formula is C17H16FN3O4. The van der Waals surface area contributed by atoms with Crippen molar-refractivity contribution < 1.29 is 24.1 Å². The molecule has 3 aromatic rings. The van der Waals surface area contributed by atoms with Crippen LogP contribution in [0.15, 0.2) is 24.4 Å². The maximum absolute atomic E-state index is 14.7. The van der Waals surface area contributed by atoms with Crippen LogP contribution in [-0.2, 0) is 10.3 Å². The van der Waals surface area contributed by atoms with E-state index in [1.165, 1.54) is 13.2 Å². The van der Waals surface area contributed by atoms with Gasteiger partial charge in [0.1, 0.15) is 5.82 Å². The molecule has 25 heavy (non-hydrogen) atoms. The largest absolute Gasteiger partial charge is 0.502 e. The monoisotopic (exact) mass is 345 g/mol. The summed E-state index contributed by atoms with van der Waals surface area (Å²) in [5.41, 5.74) is 0.782. The highest BCUT2D eigenvalue weighted by Crippen LogP contribution is 2.44. The summed E-state index contributed by atoms with van der Waals surface area (Å²) < 4.78 is 26.9. The Balaban J connectivity index is 2.05. The molecule has 7 nitrogen and oxygen atoms in total. The van der Waals surface area contributed by atoms with E-state index < -0.39 is 22.9 Å². The molecule has 130 valence electrons. The zero-order valence-electron chi connectivity index (χ0n) is 13.7. The highest BCUT2D eigenvalue weighted by atomic mass is 19.1. The molecule has 0 atom stereocenters. The molecule has 1 aliphatic heterocycles. The number of halogens is 1. The summed E-state index contributed by atoms with van der Waals surface area (Å²) in [6.45, 7) is 2.87. The van der Waals surface area contributed by atoms with E-state index in [1.807, 2.05) is 17.6 Å². The number of fused-ring (bicyclic) bond motifs is 1. The van der Waals surface area contributed by atoms with Gasteiger partial charge in [0.15, 0.2) is 23.0 Å². The number of phenolic OH excluding ortho intramolecular Hbond substituents is 2. The van der Waals surface area contributed by atoms with Crippen LogP contribution in [0.4, 0.5) is 4.39 Å². The van der Waals surface area contributed by atoms with Crippen molar-refractivity contribution in [3.63, 3.8) is 0 Å². The van der Waals surface area contributed by atoms with Gasteiger partial charge in [0.05, 0.1) is 36.9 Å². The number of aromatic hydroxyl groups is 2. The van der Waals surface area contributed by atoms with Crippen LogP contribution in [0.2, 0.25) is 0 Å². The third-order valence-electron chi connectivity index (χ3n) is 4.43. The highest BCUT2D eigenvalue weighted by molar-refractivity contribution is 5.79. The Morgan fingerprint density at radius 3 is 2.72 bits per heavy atom. The fraction of sp³-hybridized carbons (Fsp3) is 0.294. The molecule has 1 aliphatic rings. The molecule has 0 aliphatic carbocycles. The SMILES string of the molecule is COc1cc(-c2nc3ncccc3n2C2(C)COC2)c(F)c(O)c1O. The normalized spacial score (nSPS) is 16.0. The lowest BCUT2D eigenvalue weighted by atomic mass is 9.99. The lowest BCUT2D eigenvalue weighted by Gasteiger charge is -2.40. The molecule has 3 heterocycles. The van der Waals surface area contributed by atoms with E-state index in [9.17, 15) is 14.6 Å². The van der Waals surface area contributed by atoms with Gasteiger partial charge in [-0.1, -0.05) is 0 Å². The van der Waals surface area contributed by atoms with Crippen molar-refractivity contribution in [3.05, 3.63) is 30.2 Å². The van der Waals surface area contributed by atoms with E-state index in [0.29, 0.717) is 18.9 Å². The molecule has 0 unspecified atom stereocenters. The number of benzene rings is 1. The molecule has 1 aromatic carbocycles. The maximum Gasteiger partial charge on any atom is 0.203 e. The number of imidazole rings is 1. The van der Waals surface area contributed by atoms with Gasteiger partial charge in [-0.3, -0.25) is 0 Å². The van der Waals surface area contributed by atoms with Crippen molar-refractivity contribution in [3.8, 4) is 28.6 Å². The first-order valence-electron chi connectivity index (χ1n) is 7.67.